The van der Waals surface area contributed by atoms with E-state index in [2.05, 4.69) is 21.9 Å². The molecule has 0 aliphatic carbocycles. The summed E-state index contributed by atoms with van der Waals surface area (Å²) in [4.78, 5) is 13.2. The van der Waals surface area contributed by atoms with E-state index in [1.54, 1.807) is 6.07 Å². The minimum Gasteiger partial charge on any atom is -0.249 e. The molecule has 0 bridgehead atoms. The molecule has 18 heavy (non-hydrogen) atoms. The van der Waals surface area contributed by atoms with Crippen LogP contribution >= 0.6 is 11.6 Å². The van der Waals surface area contributed by atoms with Gasteiger partial charge in [-0.15, -0.1) is 0 Å². The van der Waals surface area contributed by atoms with Gasteiger partial charge >= 0.3 is 0 Å². The van der Waals surface area contributed by atoms with Gasteiger partial charge in [0.25, 0.3) is 0 Å². The molecule has 94 valence electrons. The Hall–Kier alpha value is -1.48. The van der Waals surface area contributed by atoms with Gasteiger partial charge in [-0.1, -0.05) is 31.0 Å². The van der Waals surface area contributed by atoms with E-state index in [0.717, 1.165) is 29.9 Å². The molecule has 0 aliphatic heterocycles. The first-order valence-corrected chi connectivity index (χ1v) is 6.54. The van der Waals surface area contributed by atoms with Crippen LogP contribution in [0, 0.1) is 6.92 Å². The summed E-state index contributed by atoms with van der Waals surface area (Å²) in [7, 11) is 0. The first-order chi connectivity index (χ1) is 8.69. The summed E-state index contributed by atoms with van der Waals surface area (Å²) in [6.07, 6.45) is 3.30. The fourth-order valence-corrected chi connectivity index (χ4v) is 1.98. The smallest absolute Gasteiger partial charge is 0.179 e. The van der Waals surface area contributed by atoms with Crippen molar-refractivity contribution in [3.05, 3.63) is 40.8 Å². The Morgan fingerprint density at radius 2 is 2.00 bits per heavy atom. The maximum Gasteiger partial charge on any atom is 0.179 e. The van der Waals surface area contributed by atoms with E-state index >= 15 is 0 Å². The van der Waals surface area contributed by atoms with Gasteiger partial charge < -0.3 is 0 Å². The van der Waals surface area contributed by atoms with Gasteiger partial charge in [0.15, 0.2) is 5.82 Å². The Labute approximate surface area is 112 Å². The molecule has 2 heterocycles. The predicted molar refractivity (Wildman–Crippen MR) is 73.6 cm³/mol. The molecule has 0 radical (unpaired) electrons. The molecule has 0 unspecified atom stereocenters. The molecule has 0 saturated heterocycles. The Morgan fingerprint density at radius 1 is 1.17 bits per heavy atom. The normalized spacial score (nSPS) is 10.6. The molecule has 0 aromatic carbocycles. The molecular formula is C14H16ClN3. The highest BCUT2D eigenvalue weighted by atomic mass is 35.5. The van der Waals surface area contributed by atoms with Crippen LogP contribution in [0.5, 0.6) is 0 Å². The van der Waals surface area contributed by atoms with Gasteiger partial charge in [-0.05, 0) is 38.0 Å². The Kier molecular flexibility index (Phi) is 4.26. The predicted octanol–water partition coefficient (Wildman–Crippen LogP) is 3.84. The van der Waals surface area contributed by atoms with E-state index in [-0.39, 0.29) is 0 Å². The third-order valence-electron chi connectivity index (χ3n) is 2.65. The van der Waals surface area contributed by atoms with Gasteiger partial charge in [0.05, 0.1) is 0 Å². The average Bonchev–Trinajstić information content (AvgIpc) is 2.35. The number of rotatable bonds is 4. The summed E-state index contributed by atoms with van der Waals surface area (Å²) < 4.78 is 0. The quantitative estimate of drug-likeness (QED) is 0.785. The van der Waals surface area contributed by atoms with Gasteiger partial charge in [-0.3, -0.25) is 0 Å². The summed E-state index contributed by atoms with van der Waals surface area (Å²) in [5, 5.41) is 0.457. The zero-order valence-corrected chi connectivity index (χ0v) is 11.4. The van der Waals surface area contributed by atoms with Crippen LogP contribution in [0.3, 0.4) is 0 Å². The summed E-state index contributed by atoms with van der Waals surface area (Å²) in [6, 6.07) is 7.69. The summed E-state index contributed by atoms with van der Waals surface area (Å²) in [6.45, 7) is 4.07. The average molecular weight is 262 g/mol. The number of nitrogens with zero attached hydrogens (tertiary/aromatic N) is 3. The molecule has 2 rings (SSSR count). The van der Waals surface area contributed by atoms with Gasteiger partial charge in [0.2, 0.25) is 0 Å². The lowest BCUT2D eigenvalue weighted by Crippen LogP contribution is -1.97. The molecule has 0 fully saturated rings. The van der Waals surface area contributed by atoms with Crippen LogP contribution < -0.4 is 0 Å². The van der Waals surface area contributed by atoms with E-state index in [1.807, 2.05) is 25.1 Å². The number of halogens is 1. The molecule has 0 aliphatic rings. The van der Waals surface area contributed by atoms with E-state index in [4.69, 9.17) is 11.6 Å². The third kappa shape index (κ3) is 3.26. The van der Waals surface area contributed by atoms with Crippen LogP contribution in [0.4, 0.5) is 0 Å². The highest BCUT2D eigenvalue weighted by Crippen LogP contribution is 2.16. The van der Waals surface area contributed by atoms with Gasteiger partial charge in [0, 0.05) is 11.4 Å². The van der Waals surface area contributed by atoms with Crippen molar-refractivity contribution >= 4 is 11.6 Å². The van der Waals surface area contributed by atoms with E-state index in [9.17, 15) is 0 Å². The van der Waals surface area contributed by atoms with Gasteiger partial charge in [-0.25, -0.2) is 15.0 Å². The van der Waals surface area contributed by atoms with Crippen LogP contribution in [0.15, 0.2) is 24.3 Å². The van der Waals surface area contributed by atoms with Crippen LogP contribution in [0.1, 0.15) is 31.2 Å². The Bertz CT molecular complexity index is 520. The fourth-order valence-electron chi connectivity index (χ4n) is 1.75. The number of aromatic nitrogens is 3. The van der Waals surface area contributed by atoms with E-state index < -0.39 is 0 Å². The van der Waals surface area contributed by atoms with Crippen LogP contribution in [0.2, 0.25) is 5.15 Å². The minimum atomic E-state index is 0.457. The highest BCUT2D eigenvalue weighted by Gasteiger charge is 2.06. The first kappa shape index (κ1) is 13.0. The lowest BCUT2D eigenvalue weighted by atomic mass is 10.2. The van der Waals surface area contributed by atoms with Crippen molar-refractivity contribution in [2.24, 2.45) is 0 Å². The number of hydrogen-bond acceptors (Lipinski definition) is 3. The van der Waals surface area contributed by atoms with Crippen LogP contribution in [-0.4, -0.2) is 15.0 Å². The summed E-state index contributed by atoms with van der Waals surface area (Å²) >= 11 is 5.94. The van der Waals surface area contributed by atoms with Crippen molar-refractivity contribution in [3.8, 4) is 11.5 Å². The van der Waals surface area contributed by atoms with Gasteiger partial charge in [-0.2, -0.15) is 0 Å². The first-order valence-electron chi connectivity index (χ1n) is 6.16. The van der Waals surface area contributed by atoms with Crippen molar-refractivity contribution in [1.82, 2.24) is 15.0 Å². The largest absolute Gasteiger partial charge is 0.249 e. The summed E-state index contributed by atoms with van der Waals surface area (Å²) in [5.41, 5.74) is 2.72. The maximum atomic E-state index is 5.94. The molecule has 3 nitrogen and oxygen atoms in total. The highest BCUT2D eigenvalue weighted by molar-refractivity contribution is 6.29. The Balaban J connectivity index is 2.32. The number of aryl methyl sites for hydroxylation is 2. The molecule has 0 spiro atoms. The molecule has 2 aromatic rings. The van der Waals surface area contributed by atoms with E-state index in [0.29, 0.717) is 11.0 Å². The number of hydrogen-bond donors (Lipinski definition) is 0. The zero-order valence-electron chi connectivity index (χ0n) is 10.7. The van der Waals surface area contributed by atoms with Crippen molar-refractivity contribution in [2.45, 2.75) is 33.1 Å². The standard InChI is InChI=1S/C14H16ClN3/c1-3-4-6-11-7-5-8-12(17-11)14-16-10(2)9-13(15)18-14/h5,7-9H,3-4,6H2,1-2H3. The number of unbranched alkanes of at least 4 members (excludes halogenated alkanes) is 1. The second kappa shape index (κ2) is 5.91. The molecule has 2 aromatic heterocycles. The molecule has 0 saturated carbocycles. The van der Waals surface area contributed by atoms with Crippen molar-refractivity contribution in [2.75, 3.05) is 0 Å². The Morgan fingerprint density at radius 3 is 2.72 bits per heavy atom. The molecule has 4 heteroatoms. The fraction of sp³-hybridized carbons (Fsp3) is 0.357. The van der Waals surface area contributed by atoms with E-state index in [1.165, 1.54) is 6.42 Å². The second-order valence-electron chi connectivity index (χ2n) is 4.27. The zero-order chi connectivity index (χ0) is 13.0. The second-order valence-corrected chi connectivity index (χ2v) is 4.66. The lowest BCUT2D eigenvalue weighted by Gasteiger charge is -2.04. The SMILES string of the molecule is CCCCc1cccc(-c2nc(C)cc(Cl)n2)n1. The lowest BCUT2D eigenvalue weighted by molar-refractivity contribution is 0.777. The third-order valence-corrected chi connectivity index (χ3v) is 2.84. The molecular weight excluding hydrogens is 246 g/mol. The van der Waals surface area contributed by atoms with Crippen molar-refractivity contribution in [1.29, 1.82) is 0 Å². The molecule has 0 N–H and O–H groups in total. The van der Waals surface area contributed by atoms with Crippen molar-refractivity contribution in [3.63, 3.8) is 0 Å². The van der Waals surface area contributed by atoms with Gasteiger partial charge in [0.1, 0.15) is 10.8 Å². The van der Waals surface area contributed by atoms with Crippen LogP contribution in [0.25, 0.3) is 11.5 Å². The molecule has 0 atom stereocenters. The molecule has 0 amide bonds. The van der Waals surface area contributed by atoms with Crippen LogP contribution in [-0.2, 0) is 6.42 Å². The number of pyridine rings is 1. The summed E-state index contributed by atoms with van der Waals surface area (Å²) in [5.74, 6) is 0.596. The maximum absolute atomic E-state index is 5.94. The monoisotopic (exact) mass is 261 g/mol. The minimum absolute atomic E-state index is 0.457. The topological polar surface area (TPSA) is 38.7 Å². The van der Waals surface area contributed by atoms with Crippen molar-refractivity contribution < 1.29 is 0 Å².